The Balaban J connectivity index is 1.96. The van der Waals surface area contributed by atoms with Crippen molar-refractivity contribution in [3.8, 4) is 11.5 Å². The van der Waals surface area contributed by atoms with Crippen LogP contribution >= 0.6 is 0 Å². The van der Waals surface area contributed by atoms with E-state index in [-0.39, 0.29) is 24.7 Å². The number of rotatable bonds is 6. The van der Waals surface area contributed by atoms with Gasteiger partial charge in [-0.2, -0.15) is 0 Å². The summed E-state index contributed by atoms with van der Waals surface area (Å²) in [5.74, 6) is 1.53. The fourth-order valence-electron chi connectivity index (χ4n) is 2.14. The number of hydrogen-bond donors (Lipinski definition) is 2. The van der Waals surface area contributed by atoms with E-state index in [0.717, 1.165) is 17.1 Å². The maximum atomic E-state index is 12.1. The Labute approximate surface area is 142 Å². The molecule has 0 bridgehead atoms. The van der Waals surface area contributed by atoms with Gasteiger partial charge in [-0.15, -0.1) is 0 Å². The molecule has 0 aliphatic carbocycles. The molecular weight excluding hydrogens is 304 g/mol. The van der Waals surface area contributed by atoms with Gasteiger partial charge in [0, 0.05) is 7.05 Å². The highest BCUT2D eigenvalue weighted by Gasteiger charge is 2.17. The number of amides is 2. The lowest BCUT2D eigenvalue weighted by Gasteiger charge is -2.25. The topological polar surface area (TPSA) is 61.8 Å². The molecule has 2 aromatic rings. The summed E-state index contributed by atoms with van der Waals surface area (Å²) in [4.78, 5) is 13.6. The number of ether oxygens (including phenoxy) is 1. The molecular formula is C19H24N2O3. The number of carbonyl (C=O) groups is 1. The number of aliphatic hydroxyl groups is 1. The predicted molar refractivity (Wildman–Crippen MR) is 94.2 cm³/mol. The molecule has 0 heterocycles. The Kier molecular flexibility index (Phi) is 6.21. The molecule has 0 saturated heterocycles. The van der Waals surface area contributed by atoms with Crippen LogP contribution in [0, 0.1) is 0 Å². The van der Waals surface area contributed by atoms with Crippen LogP contribution in [0.2, 0.25) is 0 Å². The van der Waals surface area contributed by atoms with Crippen molar-refractivity contribution in [3.63, 3.8) is 0 Å². The smallest absolute Gasteiger partial charge is 0.317 e. The van der Waals surface area contributed by atoms with Crippen LogP contribution < -0.4 is 10.1 Å². The predicted octanol–water partition coefficient (Wildman–Crippen LogP) is 3.56. The number of likely N-dealkylation sites (N-methyl/N-ethyl adjacent to an activating group) is 1. The highest BCUT2D eigenvalue weighted by Crippen LogP contribution is 2.23. The second-order valence-electron chi connectivity index (χ2n) is 5.80. The van der Waals surface area contributed by atoms with Crippen LogP contribution in [0.25, 0.3) is 0 Å². The van der Waals surface area contributed by atoms with Gasteiger partial charge in [0.1, 0.15) is 11.5 Å². The van der Waals surface area contributed by atoms with Crippen molar-refractivity contribution in [2.75, 3.05) is 13.7 Å². The first-order chi connectivity index (χ1) is 11.5. The zero-order valence-electron chi connectivity index (χ0n) is 14.3. The third kappa shape index (κ3) is 4.73. The molecule has 2 atom stereocenters. The normalized spacial score (nSPS) is 13.0. The van der Waals surface area contributed by atoms with Gasteiger partial charge in [-0.25, -0.2) is 4.79 Å². The summed E-state index contributed by atoms with van der Waals surface area (Å²) in [6, 6.07) is 16.6. The van der Waals surface area contributed by atoms with E-state index in [2.05, 4.69) is 5.32 Å². The van der Waals surface area contributed by atoms with Crippen molar-refractivity contribution >= 4 is 6.03 Å². The zero-order chi connectivity index (χ0) is 17.5. The van der Waals surface area contributed by atoms with E-state index in [1.54, 1.807) is 14.0 Å². The first-order valence-corrected chi connectivity index (χ1v) is 7.98. The van der Waals surface area contributed by atoms with E-state index in [1.807, 2.05) is 61.5 Å². The van der Waals surface area contributed by atoms with E-state index in [4.69, 9.17) is 9.84 Å². The summed E-state index contributed by atoms with van der Waals surface area (Å²) in [6.07, 6.45) is 0. The van der Waals surface area contributed by atoms with E-state index in [0.29, 0.717) is 0 Å². The van der Waals surface area contributed by atoms with Gasteiger partial charge in [0.15, 0.2) is 0 Å². The molecule has 0 aliphatic heterocycles. The summed E-state index contributed by atoms with van der Waals surface area (Å²) < 4.78 is 5.76. The molecule has 2 amide bonds. The molecule has 2 N–H and O–H groups in total. The van der Waals surface area contributed by atoms with Crippen LogP contribution in [0.5, 0.6) is 11.5 Å². The summed E-state index contributed by atoms with van der Waals surface area (Å²) >= 11 is 0. The number of carbonyl (C=O) groups excluding carboxylic acids is 1. The summed E-state index contributed by atoms with van der Waals surface area (Å²) in [7, 11) is 1.67. The molecule has 0 aliphatic rings. The van der Waals surface area contributed by atoms with Gasteiger partial charge >= 0.3 is 6.03 Å². The number of nitrogens with zero attached hydrogens (tertiary/aromatic N) is 1. The summed E-state index contributed by atoms with van der Waals surface area (Å²) in [5, 5.41) is 12.0. The molecule has 24 heavy (non-hydrogen) atoms. The van der Waals surface area contributed by atoms with E-state index in [9.17, 15) is 4.79 Å². The van der Waals surface area contributed by atoms with E-state index in [1.165, 1.54) is 4.90 Å². The van der Waals surface area contributed by atoms with Crippen LogP contribution in [0.3, 0.4) is 0 Å². The lowest BCUT2D eigenvalue weighted by Crippen LogP contribution is -2.44. The Morgan fingerprint density at radius 3 is 2.25 bits per heavy atom. The van der Waals surface area contributed by atoms with Crippen molar-refractivity contribution in [1.82, 2.24) is 10.2 Å². The van der Waals surface area contributed by atoms with E-state index >= 15 is 0 Å². The average molecular weight is 328 g/mol. The van der Waals surface area contributed by atoms with Crippen LogP contribution in [0.1, 0.15) is 25.5 Å². The lowest BCUT2D eigenvalue weighted by atomic mass is 10.1. The number of aliphatic hydroxyl groups excluding tert-OH is 1. The highest BCUT2D eigenvalue weighted by atomic mass is 16.5. The first kappa shape index (κ1) is 17.8. The van der Waals surface area contributed by atoms with Gasteiger partial charge in [0.05, 0.1) is 18.7 Å². The molecule has 2 unspecified atom stereocenters. The van der Waals surface area contributed by atoms with Gasteiger partial charge in [-0.05, 0) is 43.7 Å². The molecule has 2 aromatic carbocycles. The van der Waals surface area contributed by atoms with Crippen molar-refractivity contribution in [2.45, 2.75) is 25.9 Å². The molecule has 0 aromatic heterocycles. The fourth-order valence-corrected chi connectivity index (χ4v) is 2.14. The second-order valence-corrected chi connectivity index (χ2v) is 5.80. The Bertz CT molecular complexity index is 643. The summed E-state index contributed by atoms with van der Waals surface area (Å²) in [5.41, 5.74) is 0.980. The zero-order valence-corrected chi connectivity index (χ0v) is 14.3. The van der Waals surface area contributed by atoms with Gasteiger partial charge in [-0.1, -0.05) is 30.3 Å². The largest absolute Gasteiger partial charge is 0.457 e. The van der Waals surface area contributed by atoms with Gasteiger partial charge < -0.3 is 20.1 Å². The number of benzene rings is 2. The minimum absolute atomic E-state index is 0.0657. The van der Waals surface area contributed by atoms with Crippen LogP contribution in [-0.2, 0) is 0 Å². The van der Waals surface area contributed by atoms with Crippen LogP contribution in [-0.4, -0.2) is 35.7 Å². The quantitative estimate of drug-likeness (QED) is 0.852. The molecule has 128 valence electrons. The molecule has 2 rings (SSSR count). The maximum Gasteiger partial charge on any atom is 0.317 e. The van der Waals surface area contributed by atoms with Gasteiger partial charge in [0.25, 0.3) is 0 Å². The SMILES string of the molecule is CC(NC(=O)N(C)C(C)CO)c1ccc(Oc2ccccc2)cc1. The number of hydrogen-bond acceptors (Lipinski definition) is 3. The first-order valence-electron chi connectivity index (χ1n) is 7.98. The molecule has 5 heteroatoms. The highest BCUT2D eigenvalue weighted by molar-refractivity contribution is 5.74. The maximum absolute atomic E-state index is 12.1. The number of para-hydroxylation sites is 1. The Hall–Kier alpha value is -2.53. The van der Waals surface area contributed by atoms with Crippen molar-refractivity contribution < 1.29 is 14.6 Å². The van der Waals surface area contributed by atoms with Crippen molar-refractivity contribution in [3.05, 3.63) is 60.2 Å². The second kappa shape index (κ2) is 8.36. The molecule has 5 nitrogen and oxygen atoms in total. The van der Waals surface area contributed by atoms with E-state index < -0.39 is 0 Å². The monoisotopic (exact) mass is 328 g/mol. The molecule has 0 saturated carbocycles. The van der Waals surface area contributed by atoms with Crippen molar-refractivity contribution in [2.24, 2.45) is 0 Å². The van der Waals surface area contributed by atoms with Gasteiger partial charge in [0.2, 0.25) is 0 Å². The third-order valence-electron chi connectivity index (χ3n) is 3.94. The lowest BCUT2D eigenvalue weighted by molar-refractivity contribution is 0.155. The standard InChI is InChI=1S/C19H24N2O3/c1-14(13-22)21(3)19(23)20-15(2)16-9-11-18(12-10-16)24-17-7-5-4-6-8-17/h4-12,14-15,22H,13H2,1-3H3,(H,20,23). The molecule has 0 spiro atoms. The number of urea groups is 1. The third-order valence-corrected chi connectivity index (χ3v) is 3.94. The fraction of sp³-hybridized carbons (Fsp3) is 0.316. The molecule has 0 radical (unpaired) electrons. The summed E-state index contributed by atoms with van der Waals surface area (Å²) in [6.45, 7) is 3.65. The van der Waals surface area contributed by atoms with Crippen LogP contribution in [0.15, 0.2) is 54.6 Å². The minimum atomic E-state index is -0.223. The minimum Gasteiger partial charge on any atom is -0.457 e. The average Bonchev–Trinajstić information content (AvgIpc) is 2.61. The van der Waals surface area contributed by atoms with Crippen molar-refractivity contribution in [1.29, 1.82) is 0 Å². The Morgan fingerprint density at radius 2 is 1.67 bits per heavy atom. The number of nitrogens with one attached hydrogen (secondary N) is 1. The van der Waals surface area contributed by atoms with Crippen LogP contribution in [0.4, 0.5) is 4.79 Å². The van der Waals surface area contributed by atoms with Gasteiger partial charge in [-0.3, -0.25) is 0 Å². The Morgan fingerprint density at radius 1 is 1.08 bits per heavy atom. The molecule has 0 fully saturated rings.